The number of rotatable bonds is 9. The number of aromatic nitrogens is 2. The highest BCUT2D eigenvalue weighted by Gasteiger charge is 2.47. The van der Waals surface area contributed by atoms with Crippen molar-refractivity contribution in [3.05, 3.63) is 81.6 Å². The quantitative estimate of drug-likeness (QED) is 0.220. The summed E-state index contributed by atoms with van der Waals surface area (Å²) >= 11 is 14.4. The Bertz CT molecular complexity index is 2030. The molecule has 2 amide bonds. The van der Waals surface area contributed by atoms with Crippen molar-refractivity contribution in [2.75, 3.05) is 40.4 Å². The fraction of sp³-hybridized carbons (Fsp3) is 0.385. The number of hydrogen-bond donors (Lipinski definition) is 2. The van der Waals surface area contributed by atoms with Gasteiger partial charge in [-0.15, -0.1) is 0 Å². The predicted molar refractivity (Wildman–Crippen MR) is 197 cm³/mol. The third kappa shape index (κ3) is 6.55. The van der Waals surface area contributed by atoms with Crippen LogP contribution in [0.1, 0.15) is 42.5 Å². The highest BCUT2D eigenvalue weighted by Crippen LogP contribution is 2.44. The van der Waals surface area contributed by atoms with E-state index < -0.39 is 0 Å². The molecule has 0 saturated carbocycles. The van der Waals surface area contributed by atoms with Crippen LogP contribution in [0.2, 0.25) is 10.0 Å². The van der Waals surface area contributed by atoms with Crippen LogP contribution in [0.4, 0.5) is 0 Å². The summed E-state index contributed by atoms with van der Waals surface area (Å²) in [5.74, 6) is 1.56. The molecule has 0 aliphatic carbocycles. The molecule has 1 spiro atoms. The Morgan fingerprint density at radius 3 is 2.33 bits per heavy atom. The lowest BCUT2D eigenvalue weighted by atomic mass is 9.88. The highest BCUT2D eigenvalue weighted by atomic mass is 35.5. The first-order valence-electron chi connectivity index (χ1n) is 17.5. The SMILES string of the molecule is COc1cc(-c2cccc(-c3cccc(-c4cnc(CN5CC6(CCC(=O)N6)C5)c(OC)n4)c3Cl)c2Cl)cc2c1CCN(C[C@@H]1CCC(=O)N1)C2. The van der Waals surface area contributed by atoms with Crippen LogP contribution in [0.25, 0.3) is 33.5 Å². The maximum absolute atomic E-state index is 11.8. The largest absolute Gasteiger partial charge is 0.496 e. The molecular formula is C39H40Cl2N6O4. The summed E-state index contributed by atoms with van der Waals surface area (Å²) in [5.41, 5.74) is 7.81. The van der Waals surface area contributed by atoms with E-state index in [1.165, 1.54) is 11.1 Å². The van der Waals surface area contributed by atoms with Gasteiger partial charge in [0.05, 0.1) is 41.7 Å². The van der Waals surface area contributed by atoms with Crippen LogP contribution in [0.5, 0.6) is 11.6 Å². The van der Waals surface area contributed by atoms with E-state index >= 15 is 0 Å². The van der Waals surface area contributed by atoms with E-state index in [0.29, 0.717) is 41.0 Å². The Balaban J connectivity index is 1.05. The molecule has 1 aromatic heterocycles. The van der Waals surface area contributed by atoms with Crippen molar-refractivity contribution in [1.29, 1.82) is 0 Å². The third-order valence-corrected chi connectivity index (χ3v) is 11.5. The number of halogens is 2. The van der Waals surface area contributed by atoms with Gasteiger partial charge in [-0.2, -0.15) is 0 Å². The molecule has 0 bridgehead atoms. The molecule has 5 heterocycles. The number of carbonyl (C=O) groups excluding carboxylic acids is 2. The third-order valence-electron chi connectivity index (χ3n) is 10.7. The summed E-state index contributed by atoms with van der Waals surface area (Å²) in [6, 6.07) is 16.3. The van der Waals surface area contributed by atoms with Crippen molar-refractivity contribution < 1.29 is 19.1 Å². The number of fused-ring (bicyclic) bond motifs is 1. The number of carbonyl (C=O) groups is 2. The molecule has 4 aromatic rings. The van der Waals surface area contributed by atoms with Crippen LogP contribution in [-0.4, -0.2) is 83.6 Å². The minimum Gasteiger partial charge on any atom is -0.496 e. The lowest BCUT2D eigenvalue weighted by Crippen LogP contribution is -2.66. The number of nitrogens with zero attached hydrogens (tertiary/aromatic N) is 4. The molecule has 8 rings (SSSR count). The van der Waals surface area contributed by atoms with Gasteiger partial charge in [0.25, 0.3) is 0 Å². The molecule has 264 valence electrons. The minimum atomic E-state index is -0.104. The Morgan fingerprint density at radius 2 is 1.65 bits per heavy atom. The summed E-state index contributed by atoms with van der Waals surface area (Å²) in [6.07, 6.45) is 5.55. The van der Waals surface area contributed by atoms with Gasteiger partial charge in [-0.3, -0.25) is 24.4 Å². The monoisotopic (exact) mass is 726 g/mol. The molecule has 51 heavy (non-hydrogen) atoms. The van der Waals surface area contributed by atoms with E-state index in [-0.39, 0.29) is 23.4 Å². The summed E-state index contributed by atoms with van der Waals surface area (Å²) in [7, 11) is 3.31. The number of amides is 2. The summed E-state index contributed by atoms with van der Waals surface area (Å²) in [6.45, 7) is 4.68. The van der Waals surface area contributed by atoms with E-state index in [2.05, 4.69) is 32.6 Å². The topological polar surface area (TPSA) is 109 Å². The van der Waals surface area contributed by atoms with Gasteiger partial charge in [-0.25, -0.2) is 4.98 Å². The first-order chi connectivity index (χ1) is 24.7. The Labute approximate surface area is 307 Å². The van der Waals surface area contributed by atoms with E-state index in [4.69, 9.17) is 42.6 Å². The number of likely N-dealkylation sites (tertiary alicyclic amines) is 1. The van der Waals surface area contributed by atoms with Crippen LogP contribution >= 0.6 is 23.2 Å². The van der Waals surface area contributed by atoms with Crippen LogP contribution < -0.4 is 20.1 Å². The zero-order valence-electron chi connectivity index (χ0n) is 28.7. The second-order valence-electron chi connectivity index (χ2n) is 14.1. The molecule has 2 N–H and O–H groups in total. The molecule has 12 heteroatoms. The average molecular weight is 728 g/mol. The van der Waals surface area contributed by atoms with E-state index in [0.717, 1.165) is 91.2 Å². The van der Waals surface area contributed by atoms with Crippen molar-refractivity contribution in [2.45, 2.75) is 56.8 Å². The van der Waals surface area contributed by atoms with Crippen LogP contribution in [0.3, 0.4) is 0 Å². The van der Waals surface area contributed by atoms with Gasteiger partial charge < -0.3 is 20.1 Å². The second-order valence-corrected chi connectivity index (χ2v) is 14.9. The fourth-order valence-electron chi connectivity index (χ4n) is 8.18. The molecule has 3 aromatic carbocycles. The normalized spacial score (nSPS) is 19.8. The molecule has 4 aliphatic heterocycles. The number of methoxy groups -OCH3 is 2. The average Bonchev–Trinajstić information content (AvgIpc) is 3.72. The number of nitrogens with one attached hydrogen (secondary N) is 2. The van der Waals surface area contributed by atoms with Crippen molar-refractivity contribution in [3.8, 4) is 45.1 Å². The molecule has 0 unspecified atom stereocenters. The predicted octanol–water partition coefficient (Wildman–Crippen LogP) is 5.90. The first kappa shape index (κ1) is 33.9. The number of ether oxygens (including phenoxy) is 2. The lowest BCUT2D eigenvalue weighted by Gasteiger charge is -2.47. The molecule has 3 fully saturated rings. The summed E-state index contributed by atoms with van der Waals surface area (Å²) in [5, 5.41) is 7.33. The molecule has 4 aliphatic rings. The maximum Gasteiger partial charge on any atom is 0.237 e. The van der Waals surface area contributed by atoms with Crippen LogP contribution in [0, 0.1) is 0 Å². The van der Waals surface area contributed by atoms with Gasteiger partial charge in [0.1, 0.15) is 11.4 Å². The van der Waals surface area contributed by atoms with E-state index in [1.54, 1.807) is 20.4 Å². The van der Waals surface area contributed by atoms with Gasteiger partial charge in [0, 0.05) is 80.4 Å². The van der Waals surface area contributed by atoms with Crippen molar-refractivity contribution in [1.82, 2.24) is 30.4 Å². The second kappa shape index (κ2) is 13.7. The fourth-order valence-corrected chi connectivity index (χ4v) is 8.84. The van der Waals surface area contributed by atoms with Gasteiger partial charge in [-0.1, -0.05) is 59.6 Å². The number of hydrogen-bond acceptors (Lipinski definition) is 8. The lowest BCUT2D eigenvalue weighted by molar-refractivity contribution is -0.121. The molecule has 0 radical (unpaired) electrons. The molecule has 1 atom stereocenters. The highest BCUT2D eigenvalue weighted by molar-refractivity contribution is 6.39. The van der Waals surface area contributed by atoms with Gasteiger partial charge >= 0.3 is 0 Å². The Kier molecular flexibility index (Phi) is 9.12. The van der Waals surface area contributed by atoms with Gasteiger partial charge in [0.2, 0.25) is 17.7 Å². The standard InChI is InChI=1S/C39H40Cl2N6O4/c1-50-33-16-23(15-24-18-46(14-12-26(24)33)19-25-9-10-34(48)43-25)27-5-3-6-28(36(27)40)29-7-4-8-30(37(29)41)31-17-42-32(38(44-31)51-2)20-47-21-39(22-47)13-11-35(49)45-39/h3-8,15-17,25H,9-14,18-22H2,1-2H3,(H,43,48)(H,45,49)/t25-/m0/s1. The van der Waals surface area contributed by atoms with Gasteiger partial charge in [0.15, 0.2) is 0 Å². The van der Waals surface area contributed by atoms with Crippen LogP contribution in [0.15, 0.2) is 54.7 Å². The molecular weight excluding hydrogens is 687 g/mol. The van der Waals surface area contributed by atoms with Crippen LogP contribution in [-0.2, 0) is 29.1 Å². The Morgan fingerprint density at radius 1 is 0.902 bits per heavy atom. The van der Waals surface area contributed by atoms with E-state index in [1.807, 2.05) is 36.4 Å². The summed E-state index contributed by atoms with van der Waals surface area (Å²) < 4.78 is 11.6. The van der Waals surface area contributed by atoms with E-state index in [9.17, 15) is 9.59 Å². The smallest absolute Gasteiger partial charge is 0.237 e. The summed E-state index contributed by atoms with van der Waals surface area (Å²) in [4.78, 5) is 37.8. The zero-order valence-corrected chi connectivity index (χ0v) is 30.2. The maximum atomic E-state index is 11.8. The van der Waals surface area contributed by atoms with Crippen molar-refractivity contribution in [3.63, 3.8) is 0 Å². The first-order valence-corrected chi connectivity index (χ1v) is 18.2. The van der Waals surface area contributed by atoms with Crippen molar-refractivity contribution in [2.24, 2.45) is 0 Å². The molecule has 10 nitrogen and oxygen atoms in total. The Hall–Kier alpha value is -4.22. The van der Waals surface area contributed by atoms with Crippen molar-refractivity contribution >= 4 is 35.0 Å². The number of benzene rings is 3. The van der Waals surface area contributed by atoms with Gasteiger partial charge in [-0.05, 0) is 48.1 Å². The minimum absolute atomic E-state index is 0.104. The molecule has 3 saturated heterocycles. The zero-order chi connectivity index (χ0) is 35.3.